The van der Waals surface area contributed by atoms with E-state index in [-0.39, 0.29) is 5.91 Å². The lowest BCUT2D eigenvalue weighted by Crippen LogP contribution is -2.27. The number of hydrogen-bond acceptors (Lipinski definition) is 4. The molecule has 2 rings (SSSR count). The molecule has 106 valence electrons. The summed E-state index contributed by atoms with van der Waals surface area (Å²) in [6, 6.07) is 9.90. The van der Waals surface area contributed by atoms with E-state index in [4.69, 9.17) is 0 Å². The molecule has 0 bridgehead atoms. The Labute approximate surface area is 118 Å². The Kier molecular flexibility index (Phi) is 5.25. The lowest BCUT2D eigenvalue weighted by atomic mass is 10.1. The molecule has 0 aliphatic heterocycles. The predicted molar refractivity (Wildman–Crippen MR) is 76.8 cm³/mol. The van der Waals surface area contributed by atoms with E-state index in [2.05, 4.69) is 26.0 Å². The monoisotopic (exact) mass is 273 g/mol. The summed E-state index contributed by atoms with van der Waals surface area (Å²) in [7, 11) is 0. The summed E-state index contributed by atoms with van der Waals surface area (Å²) >= 11 is 0. The number of nitrogens with one attached hydrogen (secondary N) is 3. The topological polar surface area (TPSA) is 82.7 Å². The van der Waals surface area contributed by atoms with Crippen LogP contribution in [0.3, 0.4) is 0 Å². The molecule has 0 saturated carbocycles. The second-order valence-electron chi connectivity index (χ2n) is 4.37. The Bertz CT molecular complexity index is 538. The summed E-state index contributed by atoms with van der Waals surface area (Å²) in [6.07, 6.45) is 0.465. The van der Waals surface area contributed by atoms with Gasteiger partial charge in [-0.1, -0.05) is 30.3 Å². The van der Waals surface area contributed by atoms with Crippen molar-refractivity contribution in [3.05, 3.63) is 36.0 Å². The molecule has 0 unspecified atom stereocenters. The first-order chi connectivity index (χ1) is 9.81. The van der Waals surface area contributed by atoms with Gasteiger partial charge in [-0.25, -0.2) is 0 Å². The number of aromatic nitrogens is 3. The van der Waals surface area contributed by atoms with Gasteiger partial charge in [-0.05, 0) is 6.92 Å². The number of H-pyrrole nitrogens is 1. The first-order valence-corrected chi connectivity index (χ1v) is 6.73. The SMILES string of the molecule is CCNC(=O)CCNCc1n[nH]nc1-c1ccccc1. The van der Waals surface area contributed by atoms with Gasteiger partial charge in [0.25, 0.3) is 0 Å². The Morgan fingerprint density at radius 2 is 2.05 bits per heavy atom. The van der Waals surface area contributed by atoms with Crippen molar-refractivity contribution < 1.29 is 4.79 Å². The zero-order valence-corrected chi connectivity index (χ0v) is 11.5. The first kappa shape index (κ1) is 14.2. The van der Waals surface area contributed by atoms with Gasteiger partial charge in [-0.3, -0.25) is 4.79 Å². The Balaban J connectivity index is 1.86. The predicted octanol–water partition coefficient (Wildman–Crippen LogP) is 1.09. The molecule has 1 heterocycles. The highest BCUT2D eigenvalue weighted by atomic mass is 16.1. The highest BCUT2D eigenvalue weighted by Gasteiger charge is 2.09. The Hall–Kier alpha value is -2.21. The largest absolute Gasteiger partial charge is 0.356 e. The van der Waals surface area contributed by atoms with Crippen molar-refractivity contribution in [2.45, 2.75) is 19.9 Å². The Morgan fingerprint density at radius 1 is 1.25 bits per heavy atom. The molecule has 0 saturated heterocycles. The number of nitrogens with zero attached hydrogens (tertiary/aromatic N) is 2. The van der Waals surface area contributed by atoms with Crippen molar-refractivity contribution in [3.8, 4) is 11.3 Å². The van der Waals surface area contributed by atoms with Crippen molar-refractivity contribution >= 4 is 5.91 Å². The van der Waals surface area contributed by atoms with Gasteiger partial charge in [0, 0.05) is 31.6 Å². The van der Waals surface area contributed by atoms with Crippen molar-refractivity contribution in [2.75, 3.05) is 13.1 Å². The Morgan fingerprint density at radius 3 is 2.80 bits per heavy atom. The maximum absolute atomic E-state index is 11.3. The highest BCUT2D eigenvalue weighted by Crippen LogP contribution is 2.18. The van der Waals surface area contributed by atoms with Gasteiger partial charge in [0.05, 0.1) is 0 Å². The van der Waals surface area contributed by atoms with E-state index in [9.17, 15) is 4.79 Å². The summed E-state index contributed by atoms with van der Waals surface area (Å²) < 4.78 is 0. The molecule has 6 nitrogen and oxygen atoms in total. The van der Waals surface area contributed by atoms with Crippen LogP contribution in [0.15, 0.2) is 30.3 Å². The molecule has 0 spiro atoms. The maximum atomic E-state index is 11.3. The summed E-state index contributed by atoms with van der Waals surface area (Å²) in [5.74, 6) is 0.0587. The molecule has 0 aliphatic carbocycles. The highest BCUT2D eigenvalue weighted by molar-refractivity contribution is 5.75. The summed E-state index contributed by atoms with van der Waals surface area (Å²) in [5.41, 5.74) is 2.73. The zero-order valence-electron chi connectivity index (χ0n) is 11.5. The van der Waals surface area contributed by atoms with Gasteiger partial charge in [0.15, 0.2) is 0 Å². The van der Waals surface area contributed by atoms with Crippen molar-refractivity contribution in [3.63, 3.8) is 0 Å². The molecule has 0 atom stereocenters. The molecule has 0 fully saturated rings. The molecule has 20 heavy (non-hydrogen) atoms. The van der Waals surface area contributed by atoms with Crippen LogP contribution in [0.4, 0.5) is 0 Å². The van der Waals surface area contributed by atoms with Gasteiger partial charge in [-0.15, -0.1) is 0 Å². The molecule has 1 aromatic carbocycles. The molecular weight excluding hydrogens is 254 g/mol. The third-order valence-corrected chi connectivity index (χ3v) is 2.86. The lowest BCUT2D eigenvalue weighted by molar-refractivity contribution is -0.120. The first-order valence-electron chi connectivity index (χ1n) is 6.73. The number of aromatic amines is 1. The number of rotatable bonds is 7. The second kappa shape index (κ2) is 7.40. The fraction of sp³-hybridized carbons (Fsp3) is 0.357. The van der Waals surface area contributed by atoms with Gasteiger partial charge in [0.1, 0.15) is 11.4 Å². The van der Waals surface area contributed by atoms with Crippen LogP contribution >= 0.6 is 0 Å². The molecule has 1 amide bonds. The quantitative estimate of drug-likeness (QED) is 0.659. The summed E-state index contributed by atoms with van der Waals surface area (Å²) in [4.78, 5) is 11.3. The standard InChI is InChI=1S/C14H19N5O/c1-2-16-13(20)8-9-15-10-12-14(18-19-17-12)11-6-4-3-5-7-11/h3-7,15H,2,8-10H2,1H3,(H,16,20)(H,17,18,19). The van der Waals surface area contributed by atoms with Gasteiger partial charge < -0.3 is 10.6 Å². The number of hydrogen-bond donors (Lipinski definition) is 3. The summed E-state index contributed by atoms with van der Waals surface area (Å²) in [5, 5.41) is 16.9. The van der Waals surface area contributed by atoms with Crippen molar-refractivity contribution in [1.82, 2.24) is 26.0 Å². The van der Waals surface area contributed by atoms with E-state index in [0.717, 1.165) is 17.0 Å². The van der Waals surface area contributed by atoms with E-state index < -0.39 is 0 Å². The minimum absolute atomic E-state index is 0.0587. The fourth-order valence-corrected chi connectivity index (χ4v) is 1.90. The van der Waals surface area contributed by atoms with Crippen molar-refractivity contribution in [2.24, 2.45) is 0 Å². The molecule has 0 aliphatic rings. The molecule has 3 N–H and O–H groups in total. The van der Waals surface area contributed by atoms with Crippen LogP contribution in [0.1, 0.15) is 19.0 Å². The lowest BCUT2D eigenvalue weighted by Gasteiger charge is -2.04. The number of benzene rings is 1. The van der Waals surface area contributed by atoms with E-state index >= 15 is 0 Å². The van der Waals surface area contributed by atoms with Gasteiger partial charge in [0.2, 0.25) is 5.91 Å². The van der Waals surface area contributed by atoms with Crippen LogP contribution in [0, 0.1) is 0 Å². The average molecular weight is 273 g/mol. The van der Waals surface area contributed by atoms with Crippen LogP contribution in [-0.4, -0.2) is 34.4 Å². The van der Waals surface area contributed by atoms with E-state index in [1.807, 2.05) is 37.3 Å². The molecule has 6 heteroatoms. The smallest absolute Gasteiger partial charge is 0.221 e. The molecule has 0 radical (unpaired) electrons. The normalized spacial score (nSPS) is 10.4. The minimum atomic E-state index is 0.0587. The fourth-order valence-electron chi connectivity index (χ4n) is 1.90. The average Bonchev–Trinajstić information content (AvgIpc) is 2.93. The van der Waals surface area contributed by atoms with Crippen LogP contribution in [0.5, 0.6) is 0 Å². The summed E-state index contributed by atoms with van der Waals surface area (Å²) in [6.45, 7) is 3.78. The van der Waals surface area contributed by atoms with Crippen LogP contribution < -0.4 is 10.6 Å². The third-order valence-electron chi connectivity index (χ3n) is 2.86. The van der Waals surface area contributed by atoms with E-state index in [1.165, 1.54) is 0 Å². The molecule has 1 aromatic heterocycles. The van der Waals surface area contributed by atoms with Crippen LogP contribution in [0.25, 0.3) is 11.3 Å². The van der Waals surface area contributed by atoms with Crippen LogP contribution in [0.2, 0.25) is 0 Å². The maximum Gasteiger partial charge on any atom is 0.221 e. The van der Waals surface area contributed by atoms with Crippen LogP contribution in [-0.2, 0) is 11.3 Å². The van der Waals surface area contributed by atoms with Gasteiger partial charge >= 0.3 is 0 Å². The van der Waals surface area contributed by atoms with E-state index in [0.29, 0.717) is 26.1 Å². The molecular formula is C14H19N5O. The van der Waals surface area contributed by atoms with E-state index in [1.54, 1.807) is 0 Å². The van der Waals surface area contributed by atoms with Crippen molar-refractivity contribution in [1.29, 1.82) is 0 Å². The minimum Gasteiger partial charge on any atom is -0.356 e. The number of carbonyl (C=O) groups is 1. The second-order valence-corrected chi connectivity index (χ2v) is 4.37. The zero-order chi connectivity index (χ0) is 14.2. The number of amides is 1. The van der Waals surface area contributed by atoms with Gasteiger partial charge in [-0.2, -0.15) is 15.4 Å². The number of carbonyl (C=O) groups excluding carboxylic acids is 1. The third kappa shape index (κ3) is 3.89. The molecule has 2 aromatic rings.